The minimum Gasteiger partial charge on any atom is -0.354 e. The van der Waals surface area contributed by atoms with E-state index in [4.69, 9.17) is 0 Å². The van der Waals surface area contributed by atoms with Gasteiger partial charge in [0.25, 0.3) is 5.91 Å². The van der Waals surface area contributed by atoms with E-state index in [9.17, 15) is 18.0 Å². The van der Waals surface area contributed by atoms with Gasteiger partial charge in [0.1, 0.15) is 5.82 Å². The normalized spacial score (nSPS) is 21.1. The molecule has 1 unspecified atom stereocenters. The van der Waals surface area contributed by atoms with E-state index in [0.29, 0.717) is 18.0 Å². The zero-order chi connectivity index (χ0) is 21.3. The maximum absolute atomic E-state index is 12.8. The van der Waals surface area contributed by atoms with Crippen LogP contribution in [-0.4, -0.2) is 51.8 Å². The van der Waals surface area contributed by atoms with Crippen molar-refractivity contribution in [1.29, 1.82) is 0 Å². The first-order valence-corrected chi connectivity index (χ1v) is 10.4. The molecule has 2 aliphatic heterocycles. The molecule has 2 aromatic heterocycles. The van der Waals surface area contributed by atoms with Crippen LogP contribution in [-0.2, 0) is 6.18 Å². The van der Waals surface area contributed by atoms with Gasteiger partial charge in [-0.15, -0.1) is 0 Å². The maximum atomic E-state index is 12.8. The second-order valence-electron chi connectivity index (χ2n) is 8.30. The lowest BCUT2D eigenvalue weighted by Gasteiger charge is -2.34. The average Bonchev–Trinajstić information content (AvgIpc) is 3.25. The molecule has 162 valence electrons. The Bertz CT molecular complexity index is 872. The molecule has 2 fully saturated rings. The highest BCUT2D eigenvalue weighted by Crippen LogP contribution is 2.30. The fraction of sp³-hybridized carbons (Fsp3) is 0.571. The number of rotatable bonds is 3. The molecule has 4 rings (SSSR count). The molecular formula is C21H26F3N5O. The summed E-state index contributed by atoms with van der Waals surface area (Å²) in [5.74, 6) is 1.39. The van der Waals surface area contributed by atoms with Gasteiger partial charge >= 0.3 is 6.18 Å². The summed E-state index contributed by atoms with van der Waals surface area (Å²) in [6.45, 7) is 5.06. The SMILES string of the molecule is CC1CCN(C(=O)c2ccc(N3CCCC(n4ccc(C(F)(F)F)n4)C3)nc2)CC1. The van der Waals surface area contributed by atoms with Crippen LogP contribution >= 0.6 is 0 Å². The highest BCUT2D eigenvalue weighted by Gasteiger charge is 2.34. The van der Waals surface area contributed by atoms with E-state index in [1.165, 1.54) is 10.9 Å². The number of alkyl halides is 3. The molecule has 0 bridgehead atoms. The Morgan fingerprint density at radius 1 is 1.10 bits per heavy atom. The van der Waals surface area contributed by atoms with E-state index >= 15 is 0 Å². The van der Waals surface area contributed by atoms with Crippen LogP contribution < -0.4 is 4.90 Å². The van der Waals surface area contributed by atoms with Gasteiger partial charge < -0.3 is 9.80 Å². The molecule has 0 radical (unpaired) electrons. The fourth-order valence-electron chi connectivity index (χ4n) is 4.17. The summed E-state index contributed by atoms with van der Waals surface area (Å²) >= 11 is 0. The summed E-state index contributed by atoms with van der Waals surface area (Å²) in [4.78, 5) is 21.1. The number of halogens is 3. The minimum absolute atomic E-state index is 0.00805. The Balaban J connectivity index is 1.41. The average molecular weight is 421 g/mol. The van der Waals surface area contributed by atoms with Gasteiger partial charge in [0.05, 0.1) is 11.6 Å². The number of carbonyl (C=O) groups excluding carboxylic acids is 1. The zero-order valence-corrected chi connectivity index (χ0v) is 17.0. The third-order valence-corrected chi connectivity index (χ3v) is 6.06. The summed E-state index contributed by atoms with van der Waals surface area (Å²) < 4.78 is 39.9. The van der Waals surface area contributed by atoms with E-state index in [1.807, 2.05) is 15.9 Å². The van der Waals surface area contributed by atoms with E-state index in [2.05, 4.69) is 17.0 Å². The van der Waals surface area contributed by atoms with Crippen molar-refractivity contribution in [3.05, 3.63) is 41.9 Å². The Kier molecular flexibility index (Phi) is 5.71. The highest BCUT2D eigenvalue weighted by atomic mass is 19.4. The van der Waals surface area contributed by atoms with Crippen molar-refractivity contribution in [2.24, 2.45) is 5.92 Å². The zero-order valence-electron chi connectivity index (χ0n) is 17.0. The van der Waals surface area contributed by atoms with Crippen molar-refractivity contribution in [2.45, 2.75) is 44.8 Å². The van der Waals surface area contributed by atoms with Gasteiger partial charge in [-0.05, 0) is 49.8 Å². The first-order chi connectivity index (χ1) is 14.3. The van der Waals surface area contributed by atoms with Gasteiger partial charge in [0.15, 0.2) is 5.69 Å². The van der Waals surface area contributed by atoms with Gasteiger partial charge in [-0.25, -0.2) is 4.98 Å². The predicted octanol–water partition coefficient (Wildman–Crippen LogP) is 4.01. The quantitative estimate of drug-likeness (QED) is 0.752. The molecule has 6 nitrogen and oxygen atoms in total. The van der Waals surface area contributed by atoms with Gasteiger partial charge in [0, 0.05) is 38.6 Å². The second-order valence-corrected chi connectivity index (χ2v) is 8.30. The Hall–Kier alpha value is -2.58. The lowest BCUT2D eigenvalue weighted by Crippen LogP contribution is -2.38. The summed E-state index contributed by atoms with van der Waals surface area (Å²) in [6, 6.07) is 4.49. The van der Waals surface area contributed by atoms with Crippen LogP contribution in [0.25, 0.3) is 0 Å². The van der Waals surface area contributed by atoms with E-state index < -0.39 is 11.9 Å². The standard InChI is InChI=1S/C21H26F3N5O/c1-15-6-10-27(11-7-15)20(30)16-4-5-19(25-13-16)28-9-2-3-17(14-28)29-12-8-18(26-29)21(22,23)24/h4-5,8,12-13,15,17H,2-3,6-7,9-11,14H2,1H3. The first kappa shape index (κ1) is 20.7. The number of amides is 1. The van der Waals surface area contributed by atoms with Crippen LogP contribution in [0.15, 0.2) is 30.6 Å². The summed E-state index contributed by atoms with van der Waals surface area (Å²) in [5, 5.41) is 3.72. The Labute approximate surface area is 173 Å². The number of hydrogen-bond donors (Lipinski definition) is 0. The molecule has 9 heteroatoms. The van der Waals surface area contributed by atoms with Crippen molar-refractivity contribution in [3.8, 4) is 0 Å². The summed E-state index contributed by atoms with van der Waals surface area (Å²) in [5.41, 5.74) is -0.295. The van der Waals surface area contributed by atoms with Gasteiger partial charge in [-0.2, -0.15) is 18.3 Å². The minimum atomic E-state index is -4.43. The van der Waals surface area contributed by atoms with Crippen LogP contribution in [0, 0.1) is 5.92 Å². The molecule has 0 aromatic carbocycles. The first-order valence-electron chi connectivity index (χ1n) is 10.4. The number of pyridine rings is 1. The third-order valence-electron chi connectivity index (χ3n) is 6.06. The van der Waals surface area contributed by atoms with Crippen molar-refractivity contribution in [2.75, 3.05) is 31.1 Å². The Morgan fingerprint density at radius 2 is 1.87 bits per heavy atom. The number of nitrogens with zero attached hydrogens (tertiary/aromatic N) is 5. The van der Waals surface area contributed by atoms with Crippen molar-refractivity contribution < 1.29 is 18.0 Å². The number of hydrogen-bond acceptors (Lipinski definition) is 4. The van der Waals surface area contributed by atoms with Gasteiger partial charge in [-0.1, -0.05) is 6.92 Å². The Morgan fingerprint density at radius 3 is 2.50 bits per heavy atom. The molecule has 30 heavy (non-hydrogen) atoms. The van der Waals surface area contributed by atoms with Gasteiger partial charge in [0.2, 0.25) is 0 Å². The number of piperidine rings is 2. The van der Waals surface area contributed by atoms with Crippen LogP contribution in [0.1, 0.15) is 54.7 Å². The third kappa shape index (κ3) is 4.44. The van der Waals surface area contributed by atoms with Crippen LogP contribution in [0.4, 0.5) is 19.0 Å². The molecule has 4 heterocycles. The van der Waals surface area contributed by atoms with Crippen molar-refractivity contribution >= 4 is 11.7 Å². The van der Waals surface area contributed by atoms with Gasteiger partial charge in [-0.3, -0.25) is 9.48 Å². The maximum Gasteiger partial charge on any atom is 0.435 e. The molecule has 2 saturated heterocycles. The molecule has 2 aromatic rings. The second kappa shape index (κ2) is 8.28. The molecule has 2 aliphatic rings. The van der Waals surface area contributed by atoms with Crippen molar-refractivity contribution in [1.82, 2.24) is 19.7 Å². The highest BCUT2D eigenvalue weighted by molar-refractivity contribution is 5.94. The lowest BCUT2D eigenvalue weighted by molar-refractivity contribution is -0.141. The molecule has 0 N–H and O–H groups in total. The van der Waals surface area contributed by atoms with E-state index in [-0.39, 0.29) is 11.9 Å². The predicted molar refractivity (Wildman–Crippen MR) is 106 cm³/mol. The largest absolute Gasteiger partial charge is 0.435 e. The molecule has 0 spiro atoms. The molecule has 0 aliphatic carbocycles. The summed E-state index contributed by atoms with van der Waals surface area (Å²) in [7, 11) is 0. The van der Waals surface area contributed by atoms with Crippen molar-refractivity contribution in [3.63, 3.8) is 0 Å². The molecular weight excluding hydrogens is 395 g/mol. The molecule has 1 atom stereocenters. The monoisotopic (exact) mass is 421 g/mol. The van der Waals surface area contributed by atoms with Crippen LogP contribution in [0.2, 0.25) is 0 Å². The van der Waals surface area contributed by atoms with E-state index in [0.717, 1.165) is 57.2 Å². The number of likely N-dealkylation sites (tertiary alicyclic amines) is 1. The van der Waals surface area contributed by atoms with E-state index in [1.54, 1.807) is 12.3 Å². The number of anilines is 1. The van der Waals surface area contributed by atoms with Crippen LogP contribution in [0.3, 0.4) is 0 Å². The smallest absolute Gasteiger partial charge is 0.354 e. The topological polar surface area (TPSA) is 54.3 Å². The summed E-state index contributed by atoms with van der Waals surface area (Å²) in [6.07, 6.45) is 2.21. The lowest BCUT2D eigenvalue weighted by atomic mass is 9.99. The molecule has 1 amide bonds. The van der Waals surface area contributed by atoms with Crippen LogP contribution in [0.5, 0.6) is 0 Å². The fourth-order valence-corrected chi connectivity index (χ4v) is 4.17. The number of carbonyl (C=O) groups is 1. The number of aromatic nitrogens is 3. The molecule has 0 saturated carbocycles.